The van der Waals surface area contributed by atoms with Gasteiger partial charge in [0.1, 0.15) is 5.75 Å². The zero-order valence-corrected chi connectivity index (χ0v) is 23.0. The van der Waals surface area contributed by atoms with Crippen LogP contribution in [0.5, 0.6) is 5.75 Å². The molecule has 0 aliphatic carbocycles. The second kappa shape index (κ2) is 11.2. The van der Waals surface area contributed by atoms with E-state index in [0.29, 0.717) is 23.8 Å². The van der Waals surface area contributed by atoms with Crippen LogP contribution in [-0.2, 0) is 12.4 Å². The summed E-state index contributed by atoms with van der Waals surface area (Å²) in [6.07, 6.45) is -5.95. The topological polar surface area (TPSA) is 36.5 Å². The highest BCUT2D eigenvalue weighted by Crippen LogP contribution is 2.44. The van der Waals surface area contributed by atoms with Gasteiger partial charge >= 0.3 is 12.4 Å². The molecule has 3 aromatic carbocycles. The lowest BCUT2D eigenvalue weighted by molar-refractivity contribution is -0.143. The highest BCUT2D eigenvalue weighted by Gasteiger charge is 2.45. The number of benzene rings is 3. The summed E-state index contributed by atoms with van der Waals surface area (Å²) in [5, 5.41) is 7.64. The summed E-state index contributed by atoms with van der Waals surface area (Å²) in [6.45, 7) is 5.83. The third-order valence-corrected chi connectivity index (χ3v) is 8.36. The van der Waals surface area contributed by atoms with Crippen molar-refractivity contribution in [3.05, 3.63) is 83.9 Å². The van der Waals surface area contributed by atoms with Crippen LogP contribution in [0, 0.1) is 11.8 Å². The lowest BCUT2D eigenvalue weighted by Gasteiger charge is -2.53. The summed E-state index contributed by atoms with van der Waals surface area (Å²) in [4.78, 5) is 2.36. The SMILES string of the molecule is C=CC1C2CCN(CC2)[C@H]1[C@H](NC(=S)Nc1cc(C(F)(F)F)cc(C(F)(F)F)c1)c1cccc2ccc(OC)cc12. The average Bonchev–Trinajstić information content (AvgIpc) is 2.94. The fraction of sp³-hybridized carbons (Fsp3) is 0.367. The maximum absolute atomic E-state index is 13.5. The molecule has 6 rings (SSSR count). The van der Waals surface area contributed by atoms with Crippen molar-refractivity contribution >= 4 is 33.8 Å². The number of halogens is 6. The molecule has 3 saturated heterocycles. The number of methoxy groups -OCH3 is 1. The molecule has 3 aliphatic rings. The molecular weight excluding hydrogens is 564 g/mol. The smallest absolute Gasteiger partial charge is 0.416 e. The molecule has 41 heavy (non-hydrogen) atoms. The third kappa shape index (κ3) is 6.01. The lowest BCUT2D eigenvalue weighted by Crippen LogP contribution is -2.59. The van der Waals surface area contributed by atoms with E-state index in [4.69, 9.17) is 17.0 Å². The minimum atomic E-state index is -4.97. The van der Waals surface area contributed by atoms with Crippen molar-refractivity contribution in [2.45, 2.75) is 37.3 Å². The second-order valence-corrected chi connectivity index (χ2v) is 10.9. The Balaban J connectivity index is 1.55. The number of hydrogen-bond acceptors (Lipinski definition) is 3. The Morgan fingerprint density at radius 2 is 1.66 bits per heavy atom. The minimum Gasteiger partial charge on any atom is -0.497 e. The van der Waals surface area contributed by atoms with Crippen LogP contribution in [0.2, 0.25) is 0 Å². The predicted octanol–water partition coefficient (Wildman–Crippen LogP) is 7.81. The van der Waals surface area contributed by atoms with Crippen molar-refractivity contribution in [3.63, 3.8) is 0 Å². The van der Waals surface area contributed by atoms with E-state index >= 15 is 0 Å². The van der Waals surface area contributed by atoms with E-state index in [1.54, 1.807) is 7.11 Å². The van der Waals surface area contributed by atoms with E-state index in [-0.39, 0.29) is 23.1 Å². The highest BCUT2D eigenvalue weighted by atomic mass is 32.1. The Labute approximate surface area is 239 Å². The van der Waals surface area contributed by atoms with Crippen molar-refractivity contribution < 1.29 is 31.1 Å². The molecule has 3 aliphatic heterocycles. The molecule has 0 saturated carbocycles. The van der Waals surface area contributed by atoms with Gasteiger partial charge < -0.3 is 15.4 Å². The number of alkyl halides is 6. The first-order chi connectivity index (χ1) is 19.4. The maximum Gasteiger partial charge on any atom is 0.416 e. The van der Waals surface area contributed by atoms with Crippen LogP contribution in [-0.4, -0.2) is 36.3 Å². The average molecular weight is 594 g/mol. The largest absolute Gasteiger partial charge is 0.497 e. The molecule has 218 valence electrons. The van der Waals surface area contributed by atoms with E-state index in [1.807, 2.05) is 42.5 Å². The number of rotatable bonds is 6. The molecule has 2 bridgehead atoms. The zero-order valence-electron chi connectivity index (χ0n) is 22.1. The molecule has 2 N–H and O–H groups in total. The molecule has 0 aromatic heterocycles. The number of ether oxygens (including phenoxy) is 1. The van der Waals surface area contributed by atoms with Crippen LogP contribution in [0.25, 0.3) is 10.8 Å². The molecular formula is C30H29F6N3OS. The van der Waals surface area contributed by atoms with Crippen molar-refractivity contribution in [1.29, 1.82) is 0 Å². The number of thiocarbonyl (C=S) groups is 1. The normalized spacial score (nSPS) is 23.2. The van der Waals surface area contributed by atoms with Crippen LogP contribution in [0.4, 0.5) is 32.0 Å². The predicted molar refractivity (Wildman–Crippen MR) is 151 cm³/mol. The summed E-state index contributed by atoms with van der Waals surface area (Å²) in [5.41, 5.74) is -2.36. The Bertz CT molecular complexity index is 1420. The van der Waals surface area contributed by atoms with Crippen LogP contribution in [0.3, 0.4) is 0 Å². The number of nitrogens with zero attached hydrogens (tertiary/aromatic N) is 1. The van der Waals surface area contributed by atoms with Crippen molar-refractivity contribution in [2.24, 2.45) is 11.8 Å². The number of piperidine rings is 3. The van der Waals surface area contributed by atoms with Gasteiger partial charge in [0.2, 0.25) is 0 Å². The molecule has 0 radical (unpaired) electrons. The Morgan fingerprint density at radius 3 is 2.24 bits per heavy atom. The number of nitrogens with one attached hydrogen (secondary N) is 2. The van der Waals surface area contributed by atoms with Gasteiger partial charge in [0, 0.05) is 11.7 Å². The van der Waals surface area contributed by atoms with Gasteiger partial charge in [0.25, 0.3) is 0 Å². The van der Waals surface area contributed by atoms with E-state index in [0.717, 1.165) is 42.3 Å². The first kappa shape index (κ1) is 29.2. The fourth-order valence-electron chi connectivity index (χ4n) is 6.25. The van der Waals surface area contributed by atoms with Crippen LogP contribution in [0.1, 0.15) is 35.6 Å². The summed E-state index contributed by atoms with van der Waals surface area (Å²) in [6, 6.07) is 12.3. The molecule has 3 fully saturated rings. The van der Waals surface area contributed by atoms with Gasteiger partial charge in [-0.25, -0.2) is 0 Å². The molecule has 11 heteroatoms. The second-order valence-electron chi connectivity index (χ2n) is 10.5. The van der Waals surface area contributed by atoms with Gasteiger partial charge in [-0.2, -0.15) is 26.3 Å². The number of fused-ring (bicyclic) bond motifs is 4. The van der Waals surface area contributed by atoms with Crippen molar-refractivity contribution in [3.8, 4) is 5.75 Å². The fourth-order valence-corrected chi connectivity index (χ4v) is 6.49. The van der Waals surface area contributed by atoms with Gasteiger partial charge in [0.05, 0.1) is 24.3 Å². The molecule has 4 nitrogen and oxygen atoms in total. The standard InChI is InChI=1S/C30H29F6N3OS/c1-3-23-18-9-11-39(12-10-18)27(23)26(24-6-4-5-17-7-8-22(40-2)16-25(17)24)38-28(41)37-21-14-19(29(31,32)33)13-20(15-21)30(34,35)36/h3-8,13-16,18,23,26-27H,1,9-12H2,2H3,(H2,37,38,41)/t23?,26-,27-/m1/s1. The maximum atomic E-state index is 13.5. The van der Waals surface area contributed by atoms with Gasteiger partial charge in [-0.15, -0.1) is 6.58 Å². The monoisotopic (exact) mass is 593 g/mol. The van der Waals surface area contributed by atoms with Gasteiger partial charge in [-0.05, 0) is 96.7 Å². The summed E-state index contributed by atoms with van der Waals surface area (Å²) in [5.74, 6) is 1.17. The van der Waals surface area contributed by atoms with Gasteiger partial charge in [-0.1, -0.05) is 30.3 Å². The molecule has 1 unspecified atom stereocenters. The van der Waals surface area contributed by atoms with Crippen LogP contribution < -0.4 is 15.4 Å². The summed E-state index contributed by atoms with van der Waals surface area (Å²) >= 11 is 5.53. The van der Waals surface area contributed by atoms with E-state index in [9.17, 15) is 26.3 Å². The highest BCUT2D eigenvalue weighted by molar-refractivity contribution is 7.80. The summed E-state index contributed by atoms with van der Waals surface area (Å²) in [7, 11) is 1.57. The quantitative estimate of drug-likeness (QED) is 0.173. The zero-order chi connectivity index (χ0) is 29.5. The summed E-state index contributed by atoms with van der Waals surface area (Å²) < 4.78 is 86.2. The lowest BCUT2D eigenvalue weighted by atomic mass is 9.70. The molecule has 0 spiro atoms. The Kier molecular flexibility index (Phi) is 7.95. The molecule has 3 atom stereocenters. The van der Waals surface area contributed by atoms with Crippen molar-refractivity contribution in [2.75, 3.05) is 25.5 Å². The minimum absolute atomic E-state index is 0.0900. The van der Waals surface area contributed by atoms with E-state index < -0.39 is 35.2 Å². The Hall–Kier alpha value is -3.31. The van der Waals surface area contributed by atoms with Gasteiger partial charge in [0.15, 0.2) is 5.11 Å². The van der Waals surface area contributed by atoms with Crippen LogP contribution in [0.15, 0.2) is 67.3 Å². The van der Waals surface area contributed by atoms with E-state index in [2.05, 4.69) is 22.1 Å². The Morgan fingerprint density at radius 1 is 1.00 bits per heavy atom. The number of hydrogen-bond donors (Lipinski definition) is 2. The first-order valence-electron chi connectivity index (χ1n) is 13.2. The third-order valence-electron chi connectivity index (χ3n) is 8.14. The van der Waals surface area contributed by atoms with Crippen molar-refractivity contribution in [1.82, 2.24) is 10.2 Å². The van der Waals surface area contributed by atoms with Crippen LogP contribution >= 0.6 is 12.2 Å². The molecule has 0 amide bonds. The van der Waals surface area contributed by atoms with Gasteiger partial charge in [-0.3, -0.25) is 4.90 Å². The molecule has 3 aromatic rings. The first-order valence-corrected chi connectivity index (χ1v) is 13.6. The molecule has 3 heterocycles. The number of anilines is 1. The van der Waals surface area contributed by atoms with E-state index in [1.165, 1.54) is 0 Å².